The molecule has 3 heteroatoms. The number of benzene rings is 2. The molecule has 2 rings (SSSR count). The summed E-state index contributed by atoms with van der Waals surface area (Å²) in [6.45, 7) is 4.67. The fourth-order valence-corrected chi connectivity index (χ4v) is 1.81. The molecule has 0 aliphatic rings. The van der Waals surface area contributed by atoms with Crippen LogP contribution in [0, 0.1) is 5.92 Å². The van der Waals surface area contributed by atoms with Crippen molar-refractivity contribution in [1.82, 2.24) is 5.32 Å². The fraction of sp³-hybridized carbons (Fsp3) is 0.267. The maximum atomic E-state index is 11.9. The maximum Gasteiger partial charge on any atom is 0.251 e. The highest BCUT2D eigenvalue weighted by Gasteiger charge is 2.10. The van der Waals surface area contributed by atoms with Crippen molar-refractivity contribution >= 4 is 16.7 Å². The SMILES string of the molecule is CC(C)CNC(=O)c1cc([O])c2ccccc2c1. The molecule has 93 valence electrons. The van der Waals surface area contributed by atoms with Crippen molar-refractivity contribution in [2.45, 2.75) is 13.8 Å². The largest absolute Gasteiger partial charge is 0.352 e. The van der Waals surface area contributed by atoms with Crippen molar-refractivity contribution in [3.05, 3.63) is 42.0 Å². The van der Waals surface area contributed by atoms with Crippen LogP contribution in [0.5, 0.6) is 5.75 Å². The average molecular weight is 242 g/mol. The van der Waals surface area contributed by atoms with Crippen LogP contribution in [0.25, 0.3) is 10.8 Å². The zero-order chi connectivity index (χ0) is 13.1. The number of carbonyl (C=O) groups excluding carboxylic acids is 1. The number of rotatable bonds is 3. The van der Waals surface area contributed by atoms with E-state index < -0.39 is 0 Å². The van der Waals surface area contributed by atoms with Gasteiger partial charge in [-0.2, -0.15) is 0 Å². The molecule has 0 saturated carbocycles. The molecule has 0 saturated heterocycles. The lowest BCUT2D eigenvalue weighted by molar-refractivity contribution is 0.0948. The zero-order valence-electron chi connectivity index (χ0n) is 10.6. The monoisotopic (exact) mass is 242 g/mol. The lowest BCUT2D eigenvalue weighted by Crippen LogP contribution is -2.27. The summed E-state index contributed by atoms with van der Waals surface area (Å²) in [4.78, 5) is 11.9. The Morgan fingerprint density at radius 2 is 1.94 bits per heavy atom. The van der Waals surface area contributed by atoms with E-state index in [1.165, 1.54) is 6.07 Å². The van der Waals surface area contributed by atoms with E-state index in [0.29, 0.717) is 23.4 Å². The van der Waals surface area contributed by atoms with Crippen LogP contribution in [0.1, 0.15) is 24.2 Å². The molecule has 0 spiro atoms. The van der Waals surface area contributed by atoms with E-state index in [-0.39, 0.29) is 11.7 Å². The van der Waals surface area contributed by atoms with Gasteiger partial charge in [0.15, 0.2) is 5.75 Å². The van der Waals surface area contributed by atoms with Crippen LogP contribution in [0.2, 0.25) is 0 Å². The van der Waals surface area contributed by atoms with Crippen molar-refractivity contribution in [1.29, 1.82) is 0 Å². The molecule has 0 aliphatic carbocycles. The molecule has 1 amide bonds. The van der Waals surface area contributed by atoms with E-state index in [9.17, 15) is 9.90 Å². The van der Waals surface area contributed by atoms with Crippen LogP contribution in [-0.4, -0.2) is 12.5 Å². The van der Waals surface area contributed by atoms with Crippen LogP contribution in [0.3, 0.4) is 0 Å². The molecule has 0 heterocycles. The molecule has 0 unspecified atom stereocenters. The molecule has 1 N–H and O–H groups in total. The minimum absolute atomic E-state index is 0.109. The summed E-state index contributed by atoms with van der Waals surface area (Å²) in [7, 11) is 0. The van der Waals surface area contributed by atoms with E-state index in [1.54, 1.807) is 12.1 Å². The quantitative estimate of drug-likeness (QED) is 0.881. The minimum atomic E-state index is -0.188. The van der Waals surface area contributed by atoms with Crippen molar-refractivity contribution in [2.75, 3.05) is 6.54 Å². The van der Waals surface area contributed by atoms with E-state index in [4.69, 9.17) is 0 Å². The van der Waals surface area contributed by atoms with Crippen LogP contribution < -0.4 is 5.32 Å². The van der Waals surface area contributed by atoms with Crippen LogP contribution in [-0.2, 0) is 5.11 Å². The molecule has 0 aromatic heterocycles. The van der Waals surface area contributed by atoms with Crippen molar-refractivity contribution in [2.24, 2.45) is 5.92 Å². The van der Waals surface area contributed by atoms with E-state index >= 15 is 0 Å². The second-order valence-corrected chi connectivity index (χ2v) is 4.80. The molecule has 0 bridgehead atoms. The summed E-state index contributed by atoms with van der Waals surface area (Å²) in [5.41, 5.74) is 0.430. The standard InChI is InChI=1S/C15H16NO2/c1-10(2)9-16-15(18)12-7-11-5-3-4-6-13(11)14(17)8-12/h3-8,10H,9H2,1-2H3,(H,16,18). The summed E-state index contributed by atoms with van der Waals surface area (Å²) >= 11 is 0. The van der Waals surface area contributed by atoms with Crippen molar-refractivity contribution < 1.29 is 9.90 Å². The summed E-state index contributed by atoms with van der Waals surface area (Å²) in [6.07, 6.45) is 0. The van der Waals surface area contributed by atoms with Gasteiger partial charge >= 0.3 is 0 Å². The van der Waals surface area contributed by atoms with Crippen LogP contribution >= 0.6 is 0 Å². The average Bonchev–Trinajstić information content (AvgIpc) is 2.36. The first-order valence-electron chi connectivity index (χ1n) is 6.06. The first-order valence-corrected chi connectivity index (χ1v) is 6.06. The van der Waals surface area contributed by atoms with Gasteiger partial charge in [0.1, 0.15) is 0 Å². The predicted molar refractivity (Wildman–Crippen MR) is 71.3 cm³/mol. The third-order valence-corrected chi connectivity index (χ3v) is 2.76. The Labute approximate surface area is 106 Å². The normalized spacial score (nSPS) is 10.8. The number of hydrogen-bond acceptors (Lipinski definition) is 1. The summed E-state index contributed by atoms with van der Waals surface area (Å²) in [5.74, 6) is 0.0930. The molecule has 1 radical (unpaired) electrons. The van der Waals surface area contributed by atoms with E-state index in [1.807, 2.05) is 32.0 Å². The summed E-state index contributed by atoms with van der Waals surface area (Å²) in [6, 6.07) is 10.5. The van der Waals surface area contributed by atoms with Gasteiger partial charge in [-0.25, -0.2) is 0 Å². The van der Waals surface area contributed by atoms with Crippen LogP contribution in [0.4, 0.5) is 0 Å². The number of fused-ring (bicyclic) bond motifs is 1. The molecule has 2 aromatic carbocycles. The Bertz CT molecular complexity index is 576. The molecular weight excluding hydrogens is 226 g/mol. The highest BCUT2D eigenvalue weighted by atomic mass is 16.3. The molecular formula is C15H16NO2. The second kappa shape index (κ2) is 5.08. The topological polar surface area (TPSA) is 49.0 Å². The molecule has 18 heavy (non-hydrogen) atoms. The molecule has 2 aromatic rings. The molecule has 3 nitrogen and oxygen atoms in total. The Kier molecular flexibility index (Phi) is 3.51. The number of hydrogen-bond donors (Lipinski definition) is 1. The Hall–Kier alpha value is -2.03. The van der Waals surface area contributed by atoms with Crippen LogP contribution in [0.15, 0.2) is 36.4 Å². The van der Waals surface area contributed by atoms with Gasteiger partial charge in [-0.1, -0.05) is 38.1 Å². The van der Waals surface area contributed by atoms with Gasteiger partial charge in [0.25, 0.3) is 5.91 Å². The third-order valence-electron chi connectivity index (χ3n) is 2.76. The van der Waals surface area contributed by atoms with Gasteiger partial charge in [-0.15, -0.1) is 0 Å². The predicted octanol–water partition coefficient (Wildman–Crippen LogP) is 3.37. The highest BCUT2D eigenvalue weighted by Crippen LogP contribution is 2.26. The fourth-order valence-electron chi connectivity index (χ4n) is 1.81. The van der Waals surface area contributed by atoms with Gasteiger partial charge in [0.05, 0.1) is 0 Å². The first-order chi connectivity index (χ1) is 8.58. The van der Waals surface area contributed by atoms with Crippen molar-refractivity contribution in [3.8, 4) is 5.75 Å². The lowest BCUT2D eigenvalue weighted by Gasteiger charge is -2.08. The Morgan fingerprint density at radius 1 is 1.22 bits per heavy atom. The lowest BCUT2D eigenvalue weighted by atomic mass is 10.1. The molecule has 0 aliphatic heterocycles. The number of amides is 1. The van der Waals surface area contributed by atoms with Crippen molar-refractivity contribution in [3.63, 3.8) is 0 Å². The zero-order valence-corrected chi connectivity index (χ0v) is 10.6. The van der Waals surface area contributed by atoms with Gasteiger partial charge in [-0.3, -0.25) is 9.90 Å². The van der Waals surface area contributed by atoms with Gasteiger partial charge < -0.3 is 5.32 Å². The van der Waals surface area contributed by atoms with E-state index in [2.05, 4.69) is 5.32 Å². The number of nitrogens with one attached hydrogen (secondary N) is 1. The maximum absolute atomic E-state index is 11.9. The summed E-state index contributed by atoms with van der Waals surface area (Å²) in [5, 5.41) is 16.1. The highest BCUT2D eigenvalue weighted by molar-refractivity contribution is 6.00. The minimum Gasteiger partial charge on any atom is -0.352 e. The molecule has 0 fully saturated rings. The first kappa shape index (κ1) is 12.4. The second-order valence-electron chi connectivity index (χ2n) is 4.80. The van der Waals surface area contributed by atoms with Gasteiger partial charge in [0.2, 0.25) is 0 Å². The smallest absolute Gasteiger partial charge is 0.251 e. The third kappa shape index (κ3) is 2.62. The molecule has 0 atom stereocenters. The van der Waals surface area contributed by atoms with E-state index in [0.717, 1.165) is 5.39 Å². The summed E-state index contributed by atoms with van der Waals surface area (Å²) < 4.78 is 0. The Balaban J connectivity index is 2.31. The van der Waals surface area contributed by atoms with Gasteiger partial charge in [0, 0.05) is 17.5 Å². The van der Waals surface area contributed by atoms with Gasteiger partial charge in [-0.05, 0) is 23.4 Å². The Morgan fingerprint density at radius 3 is 2.67 bits per heavy atom. The number of carbonyl (C=O) groups is 1.